The van der Waals surface area contributed by atoms with Crippen LogP contribution in [-0.4, -0.2) is 47.6 Å². The van der Waals surface area contributed by atoms with Crippen LogP contribution in [-0.2, 0) is 4.79 Å². The first kappa shape index (κ1) is 11.1. The zero-order valence-electron chi connectivity index (χ0n) is 8.55. The van der Waals surface area contributed by atoms with Gasteiger partial charge < -0.3 is 15.3 Å². The van der Waals surface area contributed by atoms with Crippen molar-refractivity contribution in [2.45, 2.75) is 6.04 Å². The van der Waals surface area contributed by atoms with Crippen LogP contribution in [0.4, 0.5) is 0 Å². The lowest BCUT2D eigenvalue weighted by Gasteiger charge is -2.31. The van der Waals surface area contributed by atoms with Gasteiger partial charge in [0.2, 0.25) is 0 Å². The van der Waals surface area contributed by atoms with Crippen molar-refractivity contribution in [2.24, 2.45) is 0 Å². The van der Waals surface area contributed by atoms with Gasteiger partial charge in [0, 0.05) is 19.6 Å². The largest absolute Gasteiger partial charge is 0.480 e. The van der Waals surface area contributed by atoms with E-state index in [1.54, 1.807) is 11.0 Å². The Labute approximate surface area is 96.7 Å². The van der Waals surface area contributed by atoms with Crippen molar-refractivity contribution >= 4 is 23.2 Å². The SMILES string of the molecule is O=C(O)C1CN(C(=O)c2cccs2)CCN1. The maximum atomic E-state index is 11.9. The second kappa shape index (κ2) is 4.63. The summed E-state index contributed by atoms with van der Waals surface area (Å²) < 4.78 is 0. The van der Waals surface area contributed by atoms with E-state index in [0.717, 1.165) is 0 Å². The molecule has 1 aliphatic heterocycles. The predicted octanol–water partition coefficient (Wildman–Crippen LogP) is 0.247. The molecule has 2 heterocycles. The third-order valence-corrected chi connectivity index (χ3v) is 3.35. The third kappa shape index (κ3) is 2.23. The molecule has 0 saturated carbocycles. The van der Waals surface area contributed by atoms with Gasteiger partial charge in [-0.2, -0.15) is 0 Å². The number of amides is 1. The number of hydrogen-bond acceptors (Lipinski definition) is 4. The number of carboxylic acid groups (broad SMARTS) is 1. The molecule has 0 radical (unpaired) electrons. The van der Waals surface area contributed by atoms with Crippen molar-refractivity contribution in [1.82, 2.24) is 10.2 Å². The first-order chi connectivity index (χ1) is 7.68. The summed E-state index contributed by atoms with van der Waals surface area (Å²) in [5.41, 5.74) is 0. The highest BCUT2D eigenvalue weighted by molar-refractivity contribution is 7.12. The van der Waals surface area contributed by atoms with Crippen LogP contribution in [0, 0.1) is 0 Å². The number of aliphatic carboxylic acids is 1. The highest BCUT2D eigenvalue weighted by atomic mass is 32.1. The highest BCUT2D eigenvalue weighted by Gasteiger charge is 2.28. The fraction of sp³-hybridized carbons (Fsp3) is 0.400. The molecule has 2 N–H and O–H groups in total. The van der Waals surface area contributed by atoms with Gasteiger partial charge >= 0.3 is 5.97 Å². The Bertz CT molecular complexity index is 391. The van der Waals surface area contributed by atoms with Crippen LogP contribution in [0.15, 0.2) is 17.5 Å². The first-order valence-corrected chi connectivity index (χ1v) is 5.85. The Balaban J connectivity index is 2.05. The van der Waals surface area contributed by atoms with Crippen molar-refractivity contribution in [3.05, 3.63) is 22.4 Å². The molecule has 1 unspecified atom stereocenters. The molecular weight excluding hydrogens is 228 g/mol. The van der Waals surface area contributed by atoms with Gasteiger partial charge in [-0.3, -0.25) is 9.59 Å². The standard InChI is InChI=1S/C10H12N2O3S/c13-9(8-2-1-5-16-8)12-4-3-11-7(6-12)10(14)15/h1-2,5,7,11H,3-4,6H2,(H,14,15). The van der Waals surface area contributed by atoms with E-state index in [1.807, 2.05) is 11.4 Å². The Morgan fingerprint density at radius 2 is 2.38 bits per heavy atom. The number of carbonyl (C=O) groups is 2. The molecule has 0 bridgehead atoms. The fourth-order valence-corrected chi connectivity index (χ4v) is 2.35. The van der Waals surface area contributed by atoms with Crippen molar-refractivity contribution in [1.29, 1.82) is 0 Å². The number of hydrogen-bond donors (Lipinski definition) is 2. The molecule has 1 aromatic heterocycles. The van der Waals surface area contributed by atoms with Crippen molar-refractivity contribution in [2.75, 3.05) is 19.6 Å². The summed E-state index contributed by atoms with van der Waals surface area (Å²) >= 11 is 1.38. The van der Waals surface area contributed by atoms with E-state index < -0.39 is 12.0 Å². The lowest BCUT2D eigenvalue weighted by Crippen LogP contribution is -2.55. The van der Waals surface area contributed by atoms with Crippen LogP contribution in [0.25, 0.3) is 0 Å². The second-order valence-electron chi connectivity index (χ2n) is 3.57. The van der Waals surface area contributed by atoms with Gasteiger partial charge in [-0.15, -0.1) is 11.3 Å². The van der Waals surface area contributed by atoms with E-state index in [0.29, 0.717) is 18.0 Å². The molecule has 1 aliphatic rings. The number of nitrogens with one attached hydrogen (secondary N) is 1. The van der Waals surface area contributed by atoms with E-state index in [-0.39, 0.29) is 12.5 Å². The summed E-state index contributed by atoms with van der Waals surface area (Å²) in [7, 11) is 0. The van der Waals surface area contributed by atoms with Crippen LogP contribution in [0.5, 0.6) is 0 Å². The molecule has 1 saturated heterocycles. The Hall–Kier alpha value is -1.40. The molecule has 0 aliphatic carbocycles. The van der Waals surface area contributed by atoms with E-state index in [1.165, 1.54) is 11.3 Å². The molecule has 1 fully saturated rings. The Morgan fingerprint density at radius 1 is 1.56 bits per heavy atom. The van der Waals surface area contributed by atoms with Gasteiger partial charge in [0.15, 0.2) is 0 Å². The molecule has 1 atom stereocenters. The van der Waals surface area contributed by atoms with Crippen LogP contribution in [0.1, 0.15) is 9.67 Å². The monoisotopic (exact) mass is 240 g/mol. The minimum absolute atomic E-state index is 0.0808. The van der Waals surface area contributed by atoms with Gasteiger partial charge in [-0.05, 0) is 11.4 Å². The summed E-state index contributed by atoms with van der Waals surface area (Å²) in [6.07, 6.45) is 0. The van der Waals surface area contributed by atoms with Crippen LogP contribution < -0.4 is 5.32 Å². The van der Waals surface area contributed by atoms with Gasteiger partial charge in [0.05, 0.1) is 4.88 Å². The van der Waals surface area contributed by atoms with Gasteiger partial charge in [-0.25, -0.2) is 0 Å². The average molecular weight is 240 g/mol. The predicted molar refractivity (Wildman–Crippen MR) is 59.6 cm³/mol. The molecule has 86 valence electrons. The van der Waals surface area contributed by atoms with E-state index in [4.69, 9.17) is 5.11 Å². The minimum Gasteiger partial charge on any atom is -0.480 e. The van der Waals surface area contributed by atoms with Gasteiger partial charge in [-0.1, -0.05) is 6.07 Å². The second-order valence-corrected chi connectivity index (χ2v) is 4.52. The van der Waals surface area contributed by atoms with Crippen LogP contribution in [0.3, 0.4) is 0 Å². The maximum Gasteiger partial charge on any atom is 0.322 e. The summed E-state index contributed by atoms with van der Waals surface area (Å²) in [6, 6.07) is 2.91. The normalized spacial score (nSPS) is 20.8. The summed E-state index contributed by atoms with van der Waals surface area (Å²) in [5, 5.41) is 13.6. The van der Waals surface area contributed by atoms with Gasteiger partial charge in [0.25, 0.3) is 5.91 Å². The number of carbonyl (C=O) groups excluding carboxylic acids is 1. The van der Waals surface area contributed by atoms with Crippen molar-refractivity contribution in [3.8, 4) is 0 Å². The van der Waals surface area contributed by atoms with Crippen LogP contribution in [0.2, 0.25) is 0 Å². The lowest BCUT2D eigenvalue weighted by atomic mass is 10.2. The molecular formula is C10H12N2O3S. The smallest absolute Gasteiger partial charge is 0.322 e. The topological polar surface area (TPSA) is 69.6 Å². The molecule has 1 aromatic rings. The highest BCUT2D eigenvalue weighted by Crippen LogP contribution is 2.13. The van der Waals surface area contributed by atoms with E-state index in [2.05, 4.69) is 5.32 Å². The van der Waals surface area contributed by atoms with E-state index in [9.17, 15) is 9.59 Å². The third-order valence-electron chi connectivity index (χ3n) is 2.49. The zero-order valence-corrected chi connectivity index (χ0v) is 9.37. The van der Waals surface area contributed by atoms with Crippen molar-refractivity contribution < 1.29 is 14.7 Å². The number of carboxylic acids is 1. The molecule has 0 spiro atoms. The summed E-state index contributed by atoms with van der Waals surface area (Å²) in [6.45, 7) is 1.31. The molecule has 1 amide bonds. The fourth-order valence-electron chi connectivity index (χ4n) is 1.66. The molecule has 5 nitrogen and oxygen atoms in total. The Kier molecular flexibility index (Phi) is 3.21. The minimum atomic E-state index is -0.913. The summed E-state index contributed by atoms with van der Waals surface area (Å²) in [4.78, 5) is 25.0. The van der Waals surface area contributed by atoms with E-state index >= 15 is 0 Å². The average Bonchev–Trinajstić information content (AvgIpc) is 2.81. The number of thiophene rings is 1. The number of nitrogens with zero attached hydrogens (tertiary/aromatic N) is 1. The molecule has 2 rings (SSSR count). The molecule has 6 heteroatoms. The van der Waals surface area contributed by atoms with Crippen LogP contribution >= 0.6 is 11.3 Å². The first-order valence-electron chi connectivity index (χ1n) is 4.97. The molecule has 16 heavy (non-hydrogen) atoms. The van der Waals surface area contributed by atoms with Gasteiger partial charge in [0.1, 0.15) is 6.04 Å². The lowest BCUT2D eigenvalue weighted by molar-refractivity contribution is -0.140. The number of rotatable bonds is 2. The Morgan fingerprint density at radius 3 is 3.00 bits per heavy atom. The summed E-state index contributed by atoms with van der Waals surface area (Å²) in [5.74, 6) is -0.994. The van der Waals surface area contributed by atoms with Crippen molar-refractivity contribution in [3.63, 3.8) is 0 Å². The molecule has 0 aromatic carbocycles. The quantitative estimate of drug-likeness (QED) is 0.777. The zero-order chi connectivity index (χ0) is 11.5. The number of piperazine rings is 1. The maximum absolute atomic E-state index is 11.9.